The molecule has 0 bridgehead atoms. The van der Waals surface area contributed by atoms with Crippen molar-refractivity contribution in [3.8, 4) is 11.5 Å². The molecule has 0 radical (unpaired) electrons. The van der Waals surface area contributed by atoms with Gasteiger partial charge in [0.05, 0.1) is 25.6 Å². The van der Waals surface area contributed by atoms with Crippen LogP contribution in [0.4, 0.5) is 21.0 Å². The normalized spacial score (nSPS) is 10.8. The molecule has 0 unspecified atom stereocenters. The minimum atomic E-state index is -0.618. The third-order valence-corrected chi connectivity index (χ3v) is 4.06. The van der Waals surface area contributed by atoms with Crippen LogP contribution in [0.25, 0.3) is 0 Å². The lowest BCUT2D eigenvalue weighted by Crippen LogP contribution is -2.34. The van der Waals surface area contributed by atoms with Gasteiger partial charge in [0.25, 0.3) is 0 Å². The van der Waals surface area contributed by atoms with Gasteiger partial charge in [-0.2, -0.15) is 0 Å². The highest BCUT2D eigenvalue weighted by molar-refractivity contribution is 5.97. The number of rotatable bonds is 6. The zero-order chi connectivity index (χ0) is 22.3. The summed E-state index contributed by atoms with van der Waals surface area (Å²) in [5.41, 5.74) is 1.11. The summed E-state index contributed by atoms with van der Waals surface area (Å²) in [6, 6.07) is 11.6. The van der Waals surface area contributed by atoms with Gasteiger partial charge in [0, 0.05) is 12.6 Å². The second kappa shape index (κ2) is 9.87. The molecule has 162 valence electrons. The summed E-state index contributed by atoms with van der Waals surface area (Å²) in [5, 5.41) is 12.7. The Morgan fingerprint density at radius 2 is 1.73 bits per heavy atom. The molecule has 0 aromatic heterocycles. The largest absolute Gasteiger partial charge is 0.508 e. The monoisotopic (exact) mass is 416 g/mol. The molecule has 2 aromatic rings. The van der Waals surface area contributed by atoms with Crippen LogP contribution in [-0.4, -0.2) is 43.7 Å². The number of aromatic hydroxyl groups is 1. The predicted octanol–water partition coefficient (Wildman–Crippen LogP) is 4.37. The highest BCUT2D eigenvalue weighted by atomic mass is 16.6. The number of phenolic OH excluding ortho intramolecular Hbond substituents is 1. The van der Waals surface area contributed by atoms with Crippen LogP contribution in [0, 0.1) is 0 Å². The quantitative estimate of drug-likeness (QED) is 0.726. The van der Waals surface area contributed by atoms with Crippen LogP contribution in [-0.2, 0) is 15.9 Å². The lowest BCUT2D eigenvalue weighted by atomic mass is 10.1. The summed E-state index contributed by atoms with van der Waals surface area (Å²) >= 11 is 0. The number of anilines is 2. The first-order valence-electron chi connectivity index (χ1n) is 9.45. The lowest BCUT2D eigenvalue weighted by molar-refractivity contribution is 0.0528. The number of hydrogen-bond acceptors (Lipinski definition) is 6. The topological polar surface area (TPSA) is 97.3 Å². The maximum Gasteiger partial charge on any atom is 0.418 e. The molecule has 0 aliphatic rings. The van der Waals surface area contributed by atoms with Gasteiger partial charge in [0.1, 0.15) is 17.1 Å². The van der Waals surface area contributed by atoms with Crippen molar-refractivity contribution < 1.29 is 28.9 Å². The highest BCUT2D eigenvalue weighted by Gasteiger charge is 2.22. The van der Waals surface area contributed by atoms with E-state index in [0.717, 1.165) is 5.56 Å². The predicted molar refractivity (Wildman–Crippen MR) is 114 cm³/mol. The summed E-state index contributed by atoms with van der Waals surface area (Å²) in [4.78, 5) is 25.8. The standard InChI is InChI=1S/C22H28N2O6/c1-22(2,3)30-20(26)23-13-12-15-6-9-17(25)14-19(15)24(21(27)29-5)16-7-10-18(28-4)11-8-16/h6-11,14,25H,12-13H2,1-5H3,(H,23,26). The van der Waals surface area contributed by atoms with Crippen molar-refractivity contribution >= 4 is 23.6 Å². The summed E-state index contributed by atoms with van der Waals surface area (Å²) < 4.78 is 15.4. The maximum absolute atomic E-state index is 12.6. The van der Waals surface area contributed by atoms with E-state index in [1.165, 1.54) is 24.1 Å². The molecule has 0 saturated heterocycles. The summed E-state index contributed by atoms with van der Waals surface area (Å²) in [7, 11) is 2.84. The van der Waals surface area contributed by atoms with Gasteiger partial charge >= 0.3 is 12.2 Å². The Labute approximate surface area is 176 Å². The summed E-state index contributed by atoms with van der Waals surface area (Å²) in [6.07, 6.45) is -0.742. The van der Waals surface area contributed by atoms with Crippen LogP contribution in [0.2, 0.25) is 0 Å². The molecule has 8 heteroatoms. The first kappa shape index (κ1) is 22.9. The average Bonchev–Trinajstić information content (AvgIpc) is 2.68. The van der Waals surface area contributed by atoms with Gasteiger partial charge in [-0.15, -0.1) is 0 Å². The third-order valence-electron chi connectivity index (χ3n) is 4.06. The molecule has 0 atom stereocenters. The van der Waals surface area contributed by atoms with Crippen molar-refractivity contribution in [2.24, 2.45) is 0 Å². The first-order chi connectivity index (χ1) is 14.1. The van der Waals surface area contributed by atoms with E-state index in [9.17, 15) is 14.7 Å². The van der Waals surface area contributed by atoms with Crippen LogP contribution < -0.4 is 15.0 Å². The molecule has 0 aliphatic carbocycles. The van der Waals surface area contributed by atoms with Crippen LogP contribution in [0.1, 0.15) is 26.3 Å². The van der Waals surface area contributed by atoms with Crippen LogP contribution in [0.5, 0.6) is 11.5 Å². The van der Waals surface area contributed by atoms with Gasteiger partial charge < -0.3 is 24.6 Å². The molecule has 2 N–H and O–H groups in total. The molecule has 8 nitrogen and oxygen atoms in total. The van der Waals surface area contributed by atoms with E-state index < -0.39 is 17.8 Å². The van der Waals surface area contributed by atoms with Gasteiger partial charge in [0.2, 0.25) is 0 Å². The van der Waals surface area contributed by atoms with Crippen molar-refractivity contribution in [1.29, 1.82) is 0 Å². The minimum absolute atomic E-state index is 0.00346. The highest BCUT2D eigenvalue weighted by Crippen LogP contribution is 2.33. The minimum Gasteiger partial charge on any atom is -0.508 e. The van der Waals surface area contributed by atoms with E-state index in [-0.39, 0.29) is 12.3 Å². The summed E-state index contributed by atoms with van der Waals surface area (Å²) in [5.74, 6) is 0.637. The van der Waals surface area contributed by atoms with Crippen LogP contribution >= 0.6 is 0 Å². The number of carbonyl (C=O) groups excluding carboxylic acids is 2. The molecule has 2 amide bonds. The number of amides is 2. The van der Waals surface area contributed by atoms with E-state index >= 15 is 0 Å². The van der Waals surface area contributed by atoms with Crippen LogP contribution in [0.15, 0.2) is 42.5 Å². The van der Waals surface area contributed by atoms with E-state index in [4.69, 9.17) is 14.2 Å². The van der Waals surface area contributed by atoms with Gasteiger partial charge in [-0.1, -0.05) is 6.07 Å². The fourth-order valence-corrected chi connectivity index (χ4v) is 2.75. The van der Waals surface area contributed by atoms with Crippen molar-refractivity contribution in [1.82, 2.24) is 5.32 Å². The fourth-order valence-electron chi connectivity index (χ4n) is 2.75. The molecule has 0 fully saturated rings. The Bertz CT molecular complexity index is 874. The maximum atomic E-state index is 12.6. The van der Waals surface area contributed by atoms with Gasteiger partial charge in [-0.3, -0.25) is 0 Å². The van der Waals surface area contributed by atoms with E-state index in [0.29, 0.717) is 23.5 Å². The number of nitrogens with one attached hydrogen (secondary N) is 1. The smallest absolute Gasteiger partial charge is 0.418 e. The molecule has 0 aliphatic heterocycles. The second-order valence-corrected chi connectivity index (χ2v) is 7.50. The molecular weight excluding hydrogens is 388 g/mol. The van der Waals surface area contributed by atoms with Crippen molar-refractivity contribution in [3.63, 3.8) is 0 Å². The van der Waals surface area contributed by atoms with Crippen molar-refractivity contribution in [2.45, 2.75) is 32.8 Å². The molecular formula is C22H28N2O6. The third kappa shape index (κ3) is 6.30. The molecule has 30 heavy (non-hydrogen) atoms. The second-order valence-electron chi connectivity index (χ2n) is 7.50. The fraction of sp³-hybridized carbons (Fsp3) is 0.364. The molecule has 2 rings (SSSR count). The van der Waals surface area contributed by atoms with Gasteiger partial charge in [0.15, 0.2) is 0 Å². The number of carbonyl (C=O) groups is 2. The number of benzene rings is 2. The zero-order valence-electron chi connectivity index (χ0n) is 17.9. The SMILES string of the molecule is COC(=O)N(c1ccc(OC)cc1)c1cc(O)ccc1CCNC(=O)OC(C)(C)C. The first-order valence-corrected chi connectivity index (χ1v) is 9.45. The van der Waals surface area contributed by atoms with E-state index in [2.05, 4.69) is 5.32 Å². The van der Waals surface area contributed by atoms with Crippen LogP contribution in [0.3, 0.4) is 0 Å². The van der Waals surface area contributed by atoms with Gasteiger partial charge in [-0.05, 0) is 63.1 Å². The number of nitrogens with zero attached hydrogens (tertiary/aromatic N) is 1. The molecule has 2 aromatic carbocycles. The average molecular weight is 416 g/mol. The van der Waals surface area contributed by atoms with Gasteiger partial charge in [-0.25, -0.2) is 14.5 Å². The number of ether oxygens (including phenoxy) is 3. The Balaban J connectivity index is 2.29. The number of methoxy groups -OCH3 is 2. The Morgan fingerprint density at radius 3 is 2.30 bits per heavy atom. The Morgan fingerprint density at radius 1 is 1.07 bits per heavy atom. The lowest BCUT2D eigenvalue weighted by Gasteiger charge is -2.25. The summed E-state index contributed by atoms with van der Waals surface area (Å²) in [6.45, 7) is 5.64. The van der Waals surface area contributed by atoms with Crippen molar-refractivity contribution in [2.75, 3.05) is 25.7 Å². The van der Waals surface area contributed by atoms with E-state index in [1.807, 2.05) is 0 Å². The number of hydrogen-bond donors (Lipinski definition) is 2. The molecule has 0 heterocycles. The number of alkyl carbamates (subject to hydrolysis) is 1. The Hall–Kier alpha value is -3.42. The molecule has 0 saturated carbocycles. The Kier molecular flexibility index (Phi) is 7.52. The zero-order valence-corrected chi connectivity index (χ0v) is 17.9. The molecule has 0 spiro atoms. The van der Waals surface area contributed by atoms with E-state index in [1.54, 1.807) is 58.2 Å². The van der Waals surface area contributed by atoms with Crippen molar-refractivity contribution in [3.05, 3.63) is 48.0 Å². The number of phenols is 1.